The predicted molar refractivity (Wildman–Crippen MR) is 79.9 cm³/mol. The quantitative estimate of drug-likeness (QED) is 0.892. The van der Waals surface area contributed by atoms with E-state index >= 15 is 0 Å². The Hall–Kier alpha value is -0.870. The monoisotopic (exact) mass is 322 g/mol. The van der Waals surface area contributed by atoms with Gasteiger partial charge in [-0.1, -0.05) is 40.9 Å². The number of nitrogens with zero attached hydrogens (tertiary/aromatic N) is 1. The average Bonchev–Trinajstić information content (AvgIpc) is 2.98. The van der Waals surface area contributed by atoms with Gasteiger partial charge >= 0.3 is 0 Å². The van der Waals surface area contributed by atoms with Gasteiger partial charge in [-0.15, -0.1) is 11.3 Å². The van der Waals surface area contributed by atoms with Gasteiger partial charge in [-0.25, -0.2) is 4.98 Å². The summed E-state index contributed by atoms with van der Waals surface area (Å²) in [5.41, 5.74) is 8.41. The van der Waals surface area contributed by atoms with Crippen LogP contribution in [0, 0.1) is 0 Å². The average molecular weight is 323 g/mol. The molecular formula is C14H15BrN2S. The summed E-state index contributed by atoms with van der Waals surface area (Å²) in [4.78, 5) is 4.55. The number of thiazole rings is 1. The molecule has 1 fully saturated rings. The van der Waals surface area contributed by atoms with Crippen LogP contribution in [0.5, 0.6) is 0 Å². The predicted octanol–water partition coefficient (Wildman–Crippen LogP) is 4.35. The van der Waals surface area contributed by atoms with Crippen LogP contribution in [0.4, 0.5) is 5.13 Å². The van der Waals surface area contributed by atoms with Gasteiger partial charge in [-0.3, -0.25) is 0 Å². The van der Waals surface area contributed by atoms with Crippen LogP contribution in [0.15, 0.2) is 34.1 Å². The zero-order valence-corrected chi connectivity index (χ0v) is 12.4. The lowest BCUT2D eigenvalue weighted by atomic mass is 9.76. The molecule has 2 aromatic rings. The Labute approximate surface area is 119 Å². The molecule has 1 heterocycles. The Kier molecular flexibility index (Phi) is 3.16. The zero-order chi connectivity index (χ0) is 12.6. The van der Waals surface area contributed by atoms with Gasteiger partial charge in [0, 0.05) is 15.3 Å². The number of benzene rings is 1. The first-order valence-corrected chi connectivity index (χ1v) is 7.85. The van der Waals surface area contributed by atoms with Gasteiger partial charge in [0.25, 0.3) is 0 Å². The highest BCUT2D eigenvalue weighted by molar-refractivity contribution is 9.10. The number of anilines is 1. The van der Waals surface area contributed by atoms with Gasteiger partial charge in [0.05, 0.1) is 5.69 Å². The number of hydrogen-bond acceptors (Lipinski definition) is 3. The van der Waals surface area contributed by atoms with E-state index in [1.165, 1.54) is 31.2 Å². The molecule has 2 N–H and O–H groups in total. The Bertz CT molecular complexity index is 558. The van der Waals surface area contributed by atoms with Crippen LogP contribution >= 0.6 is 27.3 Å². The van der Waals surface area contributed by atoms with E-state index in [0.717, 1.165) is 10.2 Å². The fraction of sp³-hybridized carbons (Fsp3) is 0.357. The van der Waals surface area contributed by atoms with Crippen molar-refractivity contribution in [1.29, 1.82) is 0 Å². The van der Waals surface area contributed by atoms with Gasteiger partial charge in [0.15, 0.2) is 5.13 Å². The third-order valence-electron chi connectivity index (χ3n) is 3.85. The number of aromatic nitrogens is 1. The first-order valence-electron chi connectivity index (χ1n) is 6.18. The number of halogens is 1. The lowest BCUT2D eigenvalue weighted by Gasteiger charge is -2.28. The van der Waals surface area contributed by atoms with Crippen molar-refractivity contribution < 1.29 is 0 Å². The Morgan fingerprint density at radius 1 is 1.28 bits per heavy atom. The molecule has 0 amide bonds. The zero-order valence-electron chi connectivity index (χ0n) is 10.0. The molecule has 0 bridgehead atoms. The van der Waals surface area contributed by atoms with E-state index in [2.05, 4.69) is 50.6 Å². The summed E-state index contributed by atoms with van der Waals surface area (Å²) in [5, 5.41) is 2.80. The van der Waals surface area contributed by atoms with Gasteiger partial charge in [0.1, 0.15) is 0 Å². The summed E-state index contributed by atoms with van der Waals surface area (Å²) in [7, 11) is 0. The molecule has 18 heavy (non-hydrogen) atoms. The Morgan fingerprint density at radius 2 is 2.06 bits per heavy atom. The molecule has 1 saturated carbocycles. The molecule has 2 nitrogen and oxygen atoms in total. The molecule has 0 aliphatic heterocycles. The highest BCUT2D eigenvalue weighted by Crippen LogP contribution is 2.47. The van der Waals surface area contributed by atoms with Crippen LogP contribution in [0.25, 0.3) is 0 Å². The maximum atomic E-state index is 5.81. The maximum absolute atomic E-state index is 5.81. The number of rotatable bonds is 2. The van der Waals surface area contributed by atoms with E-state index < -0.39 is 0 Å². The standard InChI is InChI=1S/C14H15BrN2S/c15-11-5-3-4-10(8-11)14(6-1-2-7-14)12-9-18-13(16)17-12/h3-5,8-9H,1-2,6-7H2,(H2,16,17). The molecule has 0 spiro atoms. The molecule has 0 unspecified atom stereocenters. The highest BCUT2D eigenvalue weighted by Gasteiger charge is 2.39. The van der Waals surface area contributed by atoms with Gasteiger partial charge in [-0.2, -0.15) is 0 Å². The van der Waals surface area contributed by atoms with Crippen molar-refractivity contribution in [2.75, 3.05) is 5.73 Å². The summed E-state index contributed by atoms with van der Waals surface area (Å²) in [6.07, 6.45) is 4.88. The normalized spacial score (nSPS) is 18.1. The number of nitrogens with two attached hydrogens (primary N) is 1. The fourth-order valence-corrected chi connectivity index (χ4v) is 4.03. The molecule has 3 rings (SSSR count). The minimum atomic E-state index is 0.0812. The van der Waals surface area contributed by atoms with Crippen LogP contribution in [0.2, 0.25) is 0 Å². The smallest absolute Gasteiger partial charge is 0.180 e. The lowest BCUT2D eigenvalue weighted by Crippen LogP contribution is -2.24. The molecule has 4 heteroatoms. The van der Waals surface area contributed by atoms with E-state index in [0.29, 0.717) is 5.13 Å². The van der Waals surface area contributed by atoms with Crippen molar-refractivity contribution in [2.45, 2.75) is 31.1 Å². The van der Waals surface area contributed by atoms with Crippen molar-refractivity contribution in [2.24, 2.45) is 0 Å². The Balaban J connectivity index is 2.12. The topological polar surface area (TPSA) is 38.9 Å². The highest BCUT2D eigenvalue weighted by atomic mass is 79.9. The van der Waals surface area contributed by atoms with Crippen LogP contribution in [0.1, 0.15) is 36.9 Å². The van der Waals surface area contributed by atoms with Gasteiger partial charge in [0.2, 0.25) is 0 Å². The van der Waals surface area contributed by atoms with Gasteiger partial charge in [-0.05, 0) is 30.5 Å². The second-order valence-electron chi connectivity index (χ2n) is 4.87. The van der Waals surface area contributed by atoms with Crippen LogP contribution in [0.3, 0.4) is 0 Å². The molecule has 1 aromatic heterocycles. The van der Waals surface area contributed by atoms with Crippen LogP contribution in [-0.2, 0) is 5.41 Å². The van der Waals surface area contributed by atoms with E-state index in [4.69, 9.17) is 5.73 Å². The third kappa shape index (κ3) is 1.97. The number of nitrogen functional groups attached to an aromatic ring is 1. The molecular weight excluding hydrogens is 308 g/mol. The van der Waals surface area contributed by atoms with Crippen molar-refractivity contribution in [3.63, 3.8) is 0 Å². The lowest BCUT2D eigenvalue weighted by molar-refractivity contribution is 0.522. The maximum Gasteiger partial charge on any atom is 0.180 e. The van der Waals surface area contributed by atoms with E-state index in [-0.39, 0.29) is 5.41 Å². The second-order valence-corrected chi connectivity index (χ2v) is 6.68. The summed E-state index contributed by atoms with van der Waals surface area (Å²) in [6, 6.07) is 8.61. The van der Waals surface area contributed by atoms with Crippen LogP contribution < -0.4 is 5.73 Å². The van der Waals surface area contributed by atoms with E-state index in [1.807, 2.05) is 0 Å². The third-order valence-corrected chi connectivity index (χ3v) is 5.01. The Morgan fingerprint density at radius 3 is 2.67 bits per heavy atom. The molecule has 0 atom stereocenters. The molecule has 0 saturated heterocycles. The number of hydrogen-bond donors (Lipinski definition) is 1. The molecule has 0 radical (unpaired) electrons. The molecule has 1 aliphatic carbocycles. The first kappa shape index (κ1) is 12.2. The summed E-state index contributed by atoms with van der Waals surface area (Å²) in [5.74, 6) is 0. The minimum Gasteiger partial charge on any atom is -0.375 e. The molecule has 1 aromatic carbocycles. The largest absolute Gasteiger partial charge is 0.375 e. The van der Waals surface area contributed by atoms with Crippen molar-refractivity contribution in [1.82, 2.24) is 4.98 Å². The molecule has 1 aliphatic rings. The SMILES string of the molecule is Nc1nc(C2(c3cccc(Br)c3)CCCC2)cs1. The summed E-state index contributed by atoms with van der Waals surface area (Å²) >= 11 is 5.11. The van der Waals surface area contributed by atoms with Crippen LogP contribution in [-0.4, -0.2) is 4.98 Å². The first-order chi connectivity index (χ1) is 8.71. The minimum absolute atomic E-state index is 0.0812. The van der Waals surface area contributed by atoms with E-state index in [1.54, 1.807) is 11.3 Å². The second kappa shape index (κ2) is 4.67. The fourth-order valence-electron chi connectivity index (χ4n) is 2.96. The van der Waals surface area contributed by atoms with Crippen molar-refractivity contribution in [3.05, 3.63) is 45.4 Å². The summed E-state index contributed by atoms with van der Waals surface area (Å²) < 4.78 is 1.13. The van der Waals surface area contributed by atoms with E-state index in [9.17, 15) is 0 Å². The van der Waals surface area contributed by atoms with Crippen molar-refractivity contribution in [3.8, 4) is 0 Å². The van der Waals surface area contributed by atoms with Crippen molar-refractivity contribution >= 4 is 32.4 Å². The molecule has 94 valence electrons. The summed E-state index contributed by atoms with van der Waals surface area (Å²) in [6.45, 7) is 0. The van der Waals surface area contributed by atoms with Gasteiger partial charge < -0.3 is 5.73 Å².